The van der Waals surface area contributed by atoms with E-state index in [4.69, 9.17) is 4.74 Å². The van der Waals surface area contributed by atoms with Crippen LogP contribution in [0.5, 0.6) is 5.88 Å². The SMILES string of the molecule is CCN1CCCCC1CNc1nccnc1OC(C)C. The number of piperidine rings is 1. The molecule has 0 radical (unpaired) electrons. The van der Waals surface area contributed by atoms with Crippen molar-refractivity contribution >= 4 is 5.82 Å². The van der Waals surface area contributed by atoms with Crippen LogP contribution in [0.3, 0.4) is 0 Å². The second-order valence-electron chi connectivity index (χ2n) is 5.54. The van der Waals surface area contributed by atoms with Gasteiger partial charge in [0.25, 0.3) is 5.88 Å². The summed E-state index contributed by atoms with van der Waals surface area (Å²) in [7, 11) is 0. The van der Waals surface area contributed by atoms with Crippen LogP contribution in [0.2, 0.25) is 0 Å². The molecular weight excluding hydrogens is 252 g/mol. The zero-order valence-corrected chi connectivity index (χ0v) is 12.8. The second-order valence-corrected chi connectivity index (χ2v) is 5.54. The monoisotopic (exact) mass is 278 g/mol. The molecule has 2 heterocycles. The summed E-state index contributed by atoms with van der Waals surface area (Å²) in [4.78, 5) is 11.1. The zero-order chi connectivity index (χ0) is 14.4. The number of aromatic nitrogens is 2. The van der Waals surface area contributed by atoms with Gasteiger partial charge in [-0.15, -0.1) is 0 Å². The van der Waals surface area contributed by atoms with E-state index in [1.165, 1.54) is 25.8 Å². The van der Waals surface area contributed by atoms with Crippen molar-refractivity contribution < 1.29 is 4.74 Å². The van der Waals surface area contributed by atoms with Gasteiger partial charge in [0.05, 0.1) is 6.10 Å². The van der Waals surface area contributed by atoms with Crippen molar-refractivity contribution in [3.05, 3.63) is 12.4 Å². The Balaban J connectivity index is 1.96. The summed E-state index contributed by atoms with van der Waals surface area (Å²) in [5, 5.41) is 3.41. The molecule has 1 aliphatic rings. The van der Waals surface area contributed by atoms with Gasteiger partial charge in [-0.3, -0.25) is 4.90 Å². The molecule has 1 saturated heterocycles. The van der Waals surface area contributed by atoms with Crippen LogP contribution >= 0.6 is 0 Å². The van der Waals surface area contributed by atoms with Crippen LogP contribution in [0.15, 0.2) is 12.4 Å². The maximum Gasteiger partial charge on any atom is 0.257 e. The highest BCUT2D eigenvalue weighted by Crippen LogP contribution is 2.21. The molecular formula is C15H26N4O. The Morgan fingerprint density at radius 3 is 2.90 bits per heavy atom. The molecule has 2 rings (SSSR count). The Kier molecular flexibility index (Phi) is 5.59. The van der Waals surface area contributed by atoms with E-state index in [0.717, 1.165) is 18.9 Å². The third kappa shape index (κ3) is 4.07. The maximum atomic E-state index is 5.69. The van der Waals surface area contributed by atoms with E-state index in [1.807, 2.05) is 13.8 Å². The Hall–Kier alpha value is -1.36. The highest BCUT2D eigenvalue weighted by atomic mass is 16.5. The van der Waals surface area contributed by atoms with Crippen molar-refractivity contribution in [3.8, 4) is 5.88 Å². The van der Waals surface area contributed by atoms with Gasteiger partial charge in [-0.1, -0.05) is 13.3 Å². The Bertz CT molecular complexity index is 411. The number of nitrogens with zero attached hydrogens (tertiary/aromatic N) is 3. The molecule has 1 atom stereocenters. The van der Waals surface area contributed by atoms with Crippen LogP contribution in [-0.4, -0.2) is 46.6 Å². The molecule has 5 heteroatoms. The van der Waals surface area contributed by atoms with Crippen molar-refractivity contribution in [2.75, 3.05) is 25.0 Å². The topological polar surface area (TPSA) is 50.3 Å². The van der Waals surface area contributed by atoms with E-state index in [9.17, 15) is 0 Å². The summed E-state index contributed by atoms with van der Waals surface area (Å²) in [5.41, 5.74) is 0. The number of likely N-dealkylation sites (N-methyl/N-ethyl adjacent to an activating group) is 1. The minimum atomic E-state index is 0.106. The summed E-state index contributed by atoms with van der Waals surface area (Å²) in [6.07, 6.45) is 7.36. The van der Waals surface area contributed by atoms with E-state index in [1.54, 1.807) is 12.4 Å². The summed E-state index contributed by atoms with van der Waals surface area (Å²) in [5.74, 6) is 1.35. The number of hydrogen-bond acceptors (Lipinski definition) is 5. The third-order valence-electron chi connectivity index (χ3n) is 3.67. The lowest BCUT2D eigenvalue weighted by molar-refractivity contribution is 0.164. The Morgan fingerprint density at radius 2 is 2.15 bits per heavy atom. The molecule has 1 fully saturated rings. The Labute approximate surface area is 121 Å². The van der Waals surface area contributed by atoms with E-state index >= 15 is 0 Å². The lowest BCUT2D eigenvalue weighted by Crippen LogP contribution is -2.43. The highest BCUT2D eigenvalue weighted by molar-refractivity contribution is 5.44. The summed E-state index contributed by atoms with van der Waals surface area (Å²) < 4.78 is 5.69. The second kappa shape index (κ2) is 7.43. The van der Waals surface area contributed by atoms with Crippen molar-refractivity contribution in [2.45, 2.75) is 52.2 Å². The molecule has 0 amide bonds. The first kappa shape index (κ1) is 15.0. The van der Waals surface area contributed by atoms with Gasteiger partial charge in [-0.2, -0.15) is 0 Å². The average Bonchev–Trinajstić information content (AvgIpc) is 2.46. The molecule has 1 N–H and O–H groups in total. The highest BCUT2D eigenvalue weighted by Gasteiger charge is 2.21. The molecule has 0 aromatic carbocycles. The van der Waals surface area contributed by atoms with Crippen LogP contribution in [0, 0.1) is 0 Å². The number of rotatable bonds is 6. The van der Waals surface area contributed by atoms with Crippen molar-refractivity contribution in [2.24, 2.45) is 0 Å². The third-order valence-corrected chi connectivity index (χ3v) is 3.67. The molecule has 1 aliphatic heterocycles. The first-order valence-corrected chi connectivity index (χ1v) is 7.66. The van der Waals surface area contributed by atoms with Crippen molar-refractivity contribution in [1.29, 1.82) is 0 Å². The number of anilines is 1. The van der Waals surface area contributed by atoms with Gasteiger partial charge >= 0.3 is 0 Å². The van der Waals surface area contributed by atoms with Crippen molar-refractivity contribution in [1.82, 2.24) is 14.9 Å². The molecule has 0 spiro atoms. The van der Waals surface area contributed by atoms with Crippen LogP contribution < -0.4 is 10.1 Å². The lowest BCUT2D eigenvalue weighted by Gasteiger charge is -2.35. The molecule has 0 saturated carbocycles. The van der Waals surface area contributed by atoms with E-state index in [-0.39, 0.29) is 6.10 Å². The quantitative estimate of drug-likeness (QED) is 0.866. The predicted molar refractivity (Wildman–Crippen MR) is 81.2 cm³/mol. The van der Waals surface area contributed by atoms with Crippen LogP contribution in [0.4, 0.5) is 5.82 Å². The summed E-state index contributed by atoms with van der Waals surface area (Å²) >= 11 is 0. The predicted octanol–water partition coefficient (Wildman–Crippen LogP) is 2.55. The summed E-state index contributed by atoms with van der Waals surface area (Å²) in [6.45, 7) is 9.45. The fourth-order valence-electron chi connectivity index (χ4n) is 2.68. The molecule has 1 unspecified atom stereocenters. The fourth-order valence-corrected chi connectivity index (χ4v) is 2.68. The van der Waals surface area contributed by atoms with Gasteiger partial charge in [-0.25, -0.2) is 9.97 Å². The molecule has 1 aromatic heterocycles. The number of nitrogens with one attached hydrogen (secondary N) is 1. The van der Waals surface area contributed by atoms with E-state index < -0.39 is 0 Å². The number of ether oxygens (including phenoxy) is 1. The molecule has 112 valence electrons. The van der Waals surface area contributed by atoms with Gasteiger partial charge in [0.1, 0.15) is 0 Å². The van der Waals surface area contributed by atoms with Gasteiger partial charge in [0, 0.05) is 25.0 Å². The molecule has 0 bridgehead atoms. The standard InChI is InChI=1S/C15H26N4O/c1-4-19-10-6-5-7-13(19)11-18-14-15(20-12(2)3)17-9-8-16-14/h8-9,12-13H,4-7,10-11H2,1-3H3,(H,16,18). The minimum Gasteiger partial charge on any atom is -0.472 e. The van der Waals surface area contributed by atoms with E-state index in [0.29, 0.717) is 11.9 Å². The van der Waals surface area contributed by atoms with Gasteiger partial charge in [-0.05, 0) is 39.8 Å². The molecule has 0 aliphatic carbocycles. The van der Waals surface area contributed by atoms with Gasteiger partial charge in [0.2, 0.25) is 0 Å². The maximum absolute atomic E-state index is 5.69. The minimum absolute atomic E-state index is 0.106. The molecule has 20 heavy (non-hydrogen) atoms. The van der Waals surface area contributed by atoms with Crippen molar-refractivity contribution in [3.63, 3.8) is 0 Å². The Morgan fingerprint density at radius 1 is 1.35 bits per heavy atom. The number of likely N-dealkylation sites (tertiary alicyclic amines) is 1. The molecule has 5 nitrogen and oxygen atoms in total. The normalized spacial score (nSPS) is 20.1. The first-order valence-electron chi connectivity index (χ1n) is 7.66. The van der Waals surface area contributed by atoms with Crippen LogP contribution in [0.1, 0.15) is 40.0 Å². The smallest absolute Gasteiger partial charge is 0.257 e. The lowest BCUT2D eigenvalue weighted by atomic mass is 10.0. The fraction of sp³-hybridized carbons (Fsp3) is 0.733. The summed E-state index contributed by atoms with van der Waals surface area (Å²) in [6, 6.07) is 0.586. The van der Waals surface area contributed by atoms with Gasteiger partial charge in [0.15, 0.2) is 5.82 Å². The molecule has 1 aromatic rings. The number of hydrogen-bond donors (Lipinski definition) is 1. The van der Waals surface area contributed by atoms with Gasteiger partial charge < -0.3 is 10.1 Å². The van der Waals surface area contributed by atoms with E-state index in [2.05, 4.69) is 27.1 Å². The largest absolute Gasteiger partial charge is 0.472 e. The first-order chi connectivity index (χ1) is 9.70. The zero-order valence-electron chi connectivity index (χ0n) is 12.8. The average molecular weight is 278 g/mol. The van der Waals surface area contributed by atoms with Crippen LogP contribution in [0.25, 0.3) is 0 Å². The van der Waals surface area contributed by atoms with Crippen LogP contribution in [-0.2, 0) is 0 Å².